The average Bonchev–Trinajstić information content (AvgIpc) is 3.03. The molecule has 0 aromatic rings. The maximum absolute atomic E-state index is 11.9. The smallest absolute Gasteiger partial charge is 0.224 e. The molecule has 0 saturated heterocycles. The lowest BCUT2D eigenvalue weighted by Crippen LogP contribution is -2.37. The fourth-order valence-corrected chi connectivity index (χ4v) is 2.18. The van der Waals surface area contributed by atoms with Crippen LogP contribution in [-0.4, -0.2) is 19.0 Å². The van der Waals surface area contributed by atoms with Gasteiger partial charge in [-0.25, -0.2) is 0 Å². The molecule has 0 radical (unpaired) electrons. The molecule has 0 aliphatic heterocycles. The molecule has 1 fully saturated rings. The second-order valence-corrected chi connectivity index (χ2v) is 6.57. The van der Waals surface area contributed by atoms with Crippen molar-refractivity contribution in [3.8, 4) is 0 Å². The molecular weight excluding hydrogens is 212 g/mol. The van der Waals surface area contributed by atoms with Crippen LogP contribution in [0.4, 0.5) is 0 Å². The Kier molecular flexibility index (Phi) is 5.44. The number of amides is 1. The predicted molar refractivity (Wildman–Crippen MR) is 71.6 cm³/mol. The number of nitrogens with one attached hydrogen (secondary N) is 1. The number of hydrogen-bond donors (Lipinski definition) is 2. The Morgan fingerprint density at radius 3 is 2.53 bits per heavy atom. The normalized spacial score (nSPS) is 17.9. The van der Waals surface area contributed by atoms with E-state index in [1.54, 1.807) is 0 Å². The molecule has 3 heteroatoms. The van der Waals surface area contributed by atoms with E-state index in [2.05, 4.69) is 26.1 Å². The van der Waals surface area contributed by atoms with E-state index in [0.717, 1.165) is 25.3 Å². The molecule has 1 amide bonds. The standard InChI is InChI=1S/C14H28N2O/c1-14(2,3)9-12(10-15)13(17)16-8-4-5-11-6-7-11/h11-12H,4-10,15H2,1-3H3,(H,16,17). The van der Waals surface area contributed by atoms with Gasteiger partial charge in [0.25, 0.3) is 0 Å². The van der Waals surface area contributed by atoms with Crippen LogP contribution in [0.25, 0.3) is 0 Å². The molecule has 1 saturated carbocycles. The second-order valence-electron chi connectivity index (χ2n) is 6.57. The number of carbonyl (C=O) groups excluding carboxylic acids is 1. The molecule has 0 heterocycles. The minimum absolute atomic E-state index is 0.0316. The van der Waals surface area contributed by atoms with Gasteiger partial charge in [0.1, 0.15) is 0 Å². The Hall–Kier alpha value is -0.570. The van der Waals surface area contributed by atoms with Gasteiger partial charge >= 0.3 is 0 Å². The Balaban J connectivity index is 2.17. The van der Waals surface area contributed by atoms with Crippen molar-refractivity contribution >= 4 is 5.91 Å². The Morgan fingerprint density at radius 2 is 2.06 bits per heavy atom. The Bertz CT molecular complexity index is 241. The summed E-state index contributed by atoms with van der Waals surface area (Å²) in [6.07, 6.45) is 6.03. The van der Waals surface area contributed by atoms with Gasteiger partial charge in [0, 0.05) is 13.1 Å². The second kappa shape index (κ2) is 6.39. The largest absolute Gasteiger partial charge is 0.356 e. The van der Waals surface area contributed by atoms with Crippen LogP contribution in [0.2, 0.25) is 0 Å². The van der Waals surface area contributed by atoms with Gasteiger partial charge < -0.3 is 11.1 Å². The highest BCUT2D eigenvalue weighted by Crippen LogP contribution is 2.33. The molecule has 1 aliphatic carbocycles. The first kappa shape index (κ1) is 14.5. The molecule has 0 bridgehead atoms. The maximum Gasteiger partial charge on any atom is 0.224 e. The van der Waals surface area contributed by atoms with Crippen LogP contribution >= 0.6 is 0 Å². The summed E-state index contributed by atoms with van der Waals surface area (Å²) < 4.78 is 0. The van der Waals surface area contributed by atoms with Crippen molar-refractivity contribution in [2.75, 3.05) is 13.1 Å². The van der Waals surface area contributed by atoms with Crippen LogP contribution in [-0.2, 0) is 4.79 Å². The molecule has 3 nitrogen and oxygen atoms in total. The average molecular weight is 240 g/mol. The molecule has 17 heavy (non-hydrogen) atoms. The summed E-state index contributed by atoms with van der Waals surface area (Å²) in [7, 11) is 0. The van der Waals surface area contributed by atoms with E-state index >= 15 is 0 Å². The van der Waals surface area contributed by atoms with Crippen molar-refractivity contribution < 1.29 is 4.79 Å². The molecular formula is C14H28N2O. The Labute approximate surface area is 106 Å². The highest BCUT2D eigenvalue weighted by atomic mass is 16.1. The van der Waals surface area contributed by atoms with Gasteiger partial charge in [-0.15, -0.1) is 0 Å². The molecule has 1 atom stereocenters. The van der Waals surface area contributed by atoms with Crippen LogP contribution in [0.3, 0.4) is 0 Å². The van der Waals surface area contributed by atoms with Gasteiger partial charge in [-0.05, 0) is 30.6 Å². The quantitative estimate of drug-likeness (QED) is 0.671. The van der Waals surface area contributed by atoms with E-state index in [-0.39, 0.29) is 17.2 Å². The third-order valence-electron chi connectivity index (χ3n) is 3.30. The van der Waals surface area contributed by atoms with Crippen molar-refractivity contribution in [1.29, 1.82) is 0 Å². The summed E-state index contributed by atoms with van der Waals surface area (Å²) in [6.45, 7) is 7.71. The Morgan fingerprint density at radius 1 is 1.41 bits per heavy atom. The summed E-state index contributed by atoms with van der Waals surface area (Å²) in [5.74, 6) is 1.06. The molecule has 1 unspecified atom stereocenters. The third kappa shape index (κ3) is 6.67. The van der Waals surface area contributed by atoms with Crippen LogP contribution < -0.4 is 11.1 Å². The summed E-state index contributed by atoms with van der Waals surface area (Å²) in [5.41, 5.74) is 5.84. The molecule has 1 rings (SSSR count). The highest BCUT2D eigenvalue weighted by Gasteiger charge is 2.24. The lowest BCUT2D eigenvalue weighted by atomic mass is 9.84. The minimum atomic E-state index is -0.0316. The van der Waals surface area contributed by atoms with E-state index in [0.29, 0.717) is 6.54 Å². The van der Waals surface area contributed by atoms with Gasteiger partial charge in [0.2, 0.25) is 5.91 Å². The lowest BCUT2D eigenvalue weighted by molar-refractivity contribution is -0.125. The predicted octanol–water partition coefficient (Wildman–Crippen LogP) is 2.30. The van der Waals surface area contributed by atoms with E-state index in [4.69, 9.17) is 5.73 Å². The summed E-state index contributed by atoms with van der Waals surface area (Å²) >= 11 is 0. The zero-order chi connectivity index (χ0) is 12.9. The number of nitrogens with two attached hydrogens (primary N) is 1. The van der Waals surface area contributed by atoms with Crippen LogP contribution in [0, 0.1) is 17.3 Å². The molecule has 0 spiro atoms. The van der Waals surface area contributed by atoms with Gasteiger partial charge in [-0.1, -0.05) is 33.6 Å². The number of rotatable bonds is 7. The SMILES string of the molecule is CC(C)(C)CC(CN)C(=O)NCCCC1CC1. The van der Waals surface area contributed by atoms with Crippen LogP contribution in [0.5, 0.6) is 0 Å². The molecule has 3 N–H and O–H groups in total. The zero-order valence-corrected chi connectivity index (χ0v) is 11.6. The summed E-state index contributed by atoms with van der Waals surface area (Å²) in [5, 5.41) is 3.02. The van der Waals surface area contributed by atoms with Crippen molar-refractivity contribution in [3.63, 3.8) is 0 Å². The lowest BCUT2D eigenvalue weighted by Gasteiger charge is -2.24. The van der Waals surface area contributed by atoms with E-state index in [1.165, 1.54) is 19.3 Å². The fourth-order valence-electron chi connectivity index (χ4n) is 2.18. The van der Waals surface area contributed by atoms with Crippen molar-refractivity contribution in [2.45, 2.75) is 52.9 Å². The first-order valence-corrected chi connectivity index (χ1v) is 6.90. The first-order chi connectivity index (χ1) is 7.92. The van der Waals surface area contributed by atoms with Crippen molar-refractivity contribution in [1.82, 2.24) is 5.32 Å². The van der Waals surface area contributed by atoms with Gasteiger partial charge in [-0.2, -0.15) is 0 Å². The van der Waals surface area contributed by atoms with Gasteiger partial charge in [-0.3, -0.25) is 4.79 Å². The monoisotopic (exact) mass is 240 g/mol. The van der Waals surface area contributed by atoms with Gasteiger partial charge in [0.05, 0.1) is 5.92 Å². The molecule has 100 valence electrons. The fraction of sp³-hybridized carbons (Fsp3) is 0.929. The number of hydrogen-bond acceptors (Lipinski definition) is 2. The third-order valence-corrected chi connectivity index (χ3v) is 3.30. The topological polar surface area (TPSA) is 55.1 Å². The zero-order valence-electron chi connectivity index (χ0n) is 11.6. The van der Waals surface area contributed by atoms with Gasteiger partial charge in [0.15, 0.2) is 0 Å². The number of carbonyl (C=O) groups is 1. The highest BCUT2D eigenvalue weighted by molar-refractivity contribution is 5.78. The van der Waals surface area contributed by atoms with Crippen molar-refractivity contribution in [3.05, 3.63) is 0 Å². The minimum Gasteiger partial charge on any atom is -0.356 e. The molecule has 1 aliphatic rings. The maximum atomic E-state index is 11.9. The van der Waals surface area contributed by atoms with Crippen LogP contribution in [0.1, 0.15) is 52.9 Å². The van der Waals surface area contributed by atoms with Crippen LogP contribution in [0.15, 0.2) is 0 Å². The summed E-state index contributed by atoms with van der Waals surface area (Å²) in [4.78, 5) is 11.9. The molecule has 0 aromatic carbocycles. The first-order valence-electron chi connectivity index (χ1n) is 6.90. The van der Waals surface area contributed by atoms with Crippen molar-refractivity contribution in [2.24, 2.45) is 23.0 Å². The van der Waals surface area contributed by atoms with E-state index in [1.807, 2.05) is 0 Å². The molecule has 0 aromatic heterocycles. The summed E-state index contributed by atoms with van der Waals surface area (Å²) in [6, 6.07) is 0. The van der Waals surface area contributed by atoms with E-state index < -0.39 is 0 Å². The van der Waals surface area contributed by atoms with E-state index in [9.17, 15) is 4.79 Å².